The summed E-state index contributed by atoms with van der Waals surface area (Å²) in [5.74, 6) is 0.935. The number of carbonyl (C=O) groups is 1. The number of benzene rings is 2. The van der Waals surface area contributed by atoms with Gasteiger partial charge >= 0.3 is 0 Å². The molecule has 1 heterocycles. The summed E-state index contributed by atoms with van der Waals surface area (Å²) in [5, 5.41) is 3.30. The molecule has 21 heavy (non-hydrogen) atoms. The summed E-state index contributed by atoms with van der Waals surface area (Å²) in [6, 6.07) is 13.7. The number of ether oxygens (including phenoxy) is 1. The van der Waals surface area contributed by atoms with Crippen molar-refractivity contribution in [2.24, 2.45) is 0 Å². The quantitative estimate of drug-likeness (QED) is 0.919. The zero-order valence-corrected chi connectivity index (χ0v) is 13.3. The Kier molecular flexibility index (Phi) is 3.97. The molecule has 0 saturated carbocycles. The molecule has 2 aromatic rings. The normalized spacial score (nSPS) is 16.2. The maximum Gasteiger partial charge on any atom is 0.159 e. The Morgan fingerprint density at radius 3 is 2.90 bits per heavy atom. The number of methoxy groups -OCH3 is 1. The van der Waals surface area contributed by atoms with Crippen LogP contribution in [0.4, 0.5) is 5.69 Å². The molecular weight excluding hydrogens is 330 g/mol. The maximum atomic E-state index is 12.5. The summed E-state index contributed by atoms with van der Waals surface area (Å²) >= 11 is 3.44. The number of ketones is 1. The lowest BCUT2D eigenvalue weighted by Gasteiger charge is -2.12. The fourth-order valence-electron chi connectivity index (χ4n) is 2.69. The zero-order valence-electron chi connectivity index (χ0n) is 11.7. The Morgan fingerprint density at radius 1 is 1.33 bits per heavy atom. The molecule has 3 nitrogen and oxygen atoms in total. The molecule has 0 spiro atoms. The Hall–Kier alpha value is -1.81. The first-order valence-electron chi connectivity index (χ1n) is 6.87. The van der Waals surface area contributed by atoms with Gasteiger partial charge in [-0.1, -0.05) is 34.1 Å². The molecule has 1 aliphatic rings. The van der Waals surface area contributed by atoms with Crippen LogP contribution in [0.15, 0.2) is 46.9 Å². The average Bonchev–Trinajstić information content (AvgIpc) is 2.91. The molecule has 2 aromatic carbocycles. The van der Waals surface area contributed by atoms with E-state index in [1.807, 2.05) is 36.4 Å². The van der Waals surface area contributed by atoms with E-state index in [-0.39, 0.29) is 11.8 Å². The number of carbonyl (C=O) groups excluding carboxylic acids is 1. The van der Waals surface area contributed by atoms with Crippen molar-refractivity contribution in [2.75, 3.05) is 12.4 Å². The Labute approximate surface area is 132 Å². The second-order valence-corrected chi connectivity index (χ2v) is 6.07. The fraction of sp³-hybridized carbons (Fsp3) is 0.235. The third kappa shape index (κ3) is 2.95. The van der Waals surface area contributed by atoms with Crippen LogP contribution in [-0.2, 0) is 17.6 Å². The minimum atomic E-state index is -0.147. The van der Waals surface area contributed by atoms with Crippen LogP contribution in [0, 0.1) is 0 Å². The molecule has 0 radical (unpaired) electrons. The van der Waals surface area contributed by atoms with Gasteiger partial charge in [0.25, 0.3) is 0 Å². The molecule has 0 saturated heterocycles. The van der Waals surface area contributed by atoms with Crippen LogP contribution in [0.1, 0.15) is 11.1 Å². The van der Waals surface area contributed by atoms with Gasteiger partial charge in [-0.3, -0.25) is 4.79 Å². The first-order chi connectivity index (χ1) is 10.2. The van der Waals surface area contributed by atoms with Gasteiger partial charge in [0.2, 0.25) is 0 Å². The lowest BCUT2D eigenvalue weighted by atomic mass is 10.0. The number of nitrogens with one attached hydrogen (secondary N) is 1. The van der Waals surface area contributed by atoms with Gasteiger partial charge in [-0.15, -0.1) is 0 Å². The highest BCUT2D eigenvalue weighted by Gasteiger charge is 2.26. The number of hydrogen-bond donors (Lipinski definition) is 1. The van der Waals surface area contributed by atoms with Crippen LogP contribution in [0.25, 0.3) is 0 Å². The van der Waals surface area contributed by atoms with E-state index in [1.165, 1.54) is 5.56 Å². The highest BCUT2D eigenvalue weighted by Crippen LogP contribution is 2.28. The summed E-state index contributed by atoms with van der Waals surface area (Å²) in [5.41, 5.74) is 3.18. The van der Waals surface area contributed by atoms with Crippen molar-refractivity contribution in [1.82, 2.24) is 0 Å². The highest BCUT2D eigenvalue weighted by molar-refractivity contribution is 9.10. The molecule has 1 unspecified atom stereocenters. The van der Waals surface area contributed by atoms with Gasteiger partial charge < -0.3 is 10.1 Å². The van der Waals surface area contributed by atoms with Crippen LogP contribution >= 0.6 is 15.9 Å². The minimum absolute atomic E-state index is 0.147. The van der Waals surface area contributed by atoms with Gasteiger partial charge in [-0.05, 0) is 29.8 Å². The number of halogens is 1. The van der Waals surface area contributed by atoms with Crippen LogP contribution in [-0.4, -0.2) is 18.9 Å². The number of rotatable bonds is 4. The van der Waals surface area contributed by atoms with Crippen LogP contribution in [0.5, 0.6) is 5.75 Å². The smallest absolute Gasteiger partial charge is 0.159 e. The number of para-hydroxylation sites is 1. The molecule has 108 valence electrons. The summed E-state index contributed by atoms with van der Waals surface area (Å²) in [7, 11) is 1.63. The standard InChI is InChI=1S/C17H16BrNO2/c1-21-17-7-6-13(18)8-12(17)10-16(20)15-9-11-4-2-3-5-14(11)19-15/h2-8,15,19H,9-10H2,1H3. The predicted octanol–water partition coefficient (Wildman–Crippen LogP) is 3.61. The van der Waals surface area contributed by atoms with E-state index in [4.69, 9.17) is 4.74 Å². The third-order valence-corrected chi connectivity index (χ3v) is 4.26. The first-order valence-corrected chi connectivity index (χ1v) is 7.66. The molecule has 0 aliphatic carbocycles. The predicted molar refractivity (Wildman–Crippen MR) is 87.0 cm³/mol. The number of anilines is 1. The molecule has 1 N–H and O–H groups in total. The fourth-order valence-corrected chi connectivity index (χ4v) is 3.10. The van der Waals surface area contributed by atoms with E-state index in [9.17, 15) is 4.79 Å². The van der Waals surface area contributed by atoms with Crippen molar-refractivity contribution in [2.45, 2.75) is 18.9 Å². The molecule has 4 heteroatoms. The first kappa shape index (κ1) is 14.1. The summed E-state index contributed by atoms with van der Waals surface area (Å²) in [4.78, 5) is 12.5. The van der Waals surface area contributed by atoms with Gasteiger partial charge in [0.1, 0.15) is 5.75 Å². The molecule has 0 bridgehead atoms. The van der Waals surface area contributed by atoms with Crippen LogP contribution < -0.4 is 10.1 Å². The largest absolute Gasteiger partial charge is 0.496 e. The monoisotopic (exact) mass is 345 g/mol. The van der Waals surface area contributed by atoms with E-state index < -0.39 is 0 Å². The molecule has 1 aliphatic heterocycles. The Balaban J connectivity index is 1.75. The van der Waals surface area contributed by atoms with Crippen LogP contribution in [0.3, 0.4) is 0 Å². The van der Waals surface area contributed by atoms with Gasteiger partial charge in [0.05, 0.1) is 13.2 Å². The SMILES string of the molecule is COc1ccc(Br)cc1CC(=O)C1Cc2ccccc2N1. The lowest BCUT2D eigenvalue weighted by Crippen LogP contribution is -2.28. The zero-order chi connectivity index (χ0) is 14.8. The van der Waals surface area contributed by atoms with Crippen molar-refractivity contribution >= 4 is 27.4 Å². The van der Waals surface area contributed by atoms with E-state index in [1.54, 1.807) is 7.11 Å². The third-order valence-electron chi connectivity index (χ3n) is 3.77. The second kappa shape index (κ2) is 5.90. The van der Waals surface area contributed by atoms with E-state index in [0.29, 0.717) is 6.42 Å². The molecule has 3 rings (SSSR count). The highest BCUT2D eigenvalue weighted by atomic mass is 79.9. The van der Waals surface area contributed by atoms with Crippen molar-refractivity contribution in [3.63, 3.8) is 0 Å². The lowest BCUT2D eigenvalue weighted by molar-refractivity contribution is -0.119. The van der Waals surface area contributed by atoms with Crippen LogP contribution in [0.2, 0.25) is 0 Å². The summed E-state index contributed by atoms with van der Waals surface area (Å²) < 4.78 is 6.28. The van der Waals surface area contributed by atoms with Crippen molar-refractivity contribution in [3.05, 3.63) is 58.1 Å². The molecular formula is C17H16BrNO2. The Morgan fingerprint density at radius 2 is 2.14 bits per heavy atom. The van der Waals surface area contributed by atoms with E-state index in [2.05, 4.69) is 27.3 Å². The topological polar surface area (TPSA) is 38.3 Å². The molecule has 0 fully saturated rings. The van der Waals surface area contributed by atoms with Crippen molar-refractivity contribution in [3.8, 4) is 5.75 Å². The van der Waals surface area contributed by atoms with Gasteiger partial charge in [0.15, 0.2) is 5.78 Å². The summed E-state index contributed by atoms with van der Waals surface area (Å²) in [6.07, 6.45) is 1.12. The van der Waals surface area contributed by atoms with Crippen molar-refractivity contribution in [1.29, 1.82) is 0 Å². The van der Waals surface area contributed by atoms with E-state index >= 15 is 0 Å². The van der Waals surface area contributed by atoms with Crippen molar-refractivity contribution < 1.29 is 9.53 Å². The van der Waals surface area contributed by atoms with E-state index in [0.717, 1.165) is 27.9 Å². The molecule has 0 amide bonds. The van der Waals surface area contributed by atoms with Gasteiger partial charge in [0, 0.05) is 28.6 Å². The second-order valence-electron chi connectivity index (χ2n) is 5.16. The van der Waals surface area contributed by atoms with Gasteiger partial charge in [-0.2, -0.15) is 0 Å². The number of Topliss-reactive ketones (excluding diaryl/α,β-unsaturated/α-hetero) is 1. The number of hydrogen-bond acceptors (Lipinski definition) is 3. The maximum absolute atomic E-state index is 12.5. The van der Waals surface area contributed by atoms with Gasteiger partial charge in [-0.25, -0.2) is 0 Å². The number of fused-ring (bicyclic) bond motifs is 1. The Bertz CT molecular complexity index is 659. The minimum Gasteiger partial charge on any atom is -0.496 e. The molecule has 1 atom stereocenters. The summed E-state index contributed by atoms with van der Waals surface area (Å²) in [6.45, 7) is 0. The average molecular weight is 346 g/mol. The molecule has 0 aromatic heterocycles.